The van der Waals surface area contributed by atoms with Gasteiger partial charge in [0.25, 0.3) is 5.91 Å². The predicted molar refractivity (Wildman–Crippen MR) is 59.7 cm³/mol. The number of amides is 1. The first-order valence-corrected chi connectivity index (χ1v) is 5.34. The second-order valence-corrected chi connectivity index (χ2v) is 4.27. The molecule has 0 saturated carbocycles. The zero-order valence-electron chi connectivity index (χ0n) is 10.1. The molecule has 1 rings (SSSR count). The maximum atomic E-state index is 11.8. The van der Waals surface area contributed by atoms with E-state index in [1.54, 1.807) is 13.8 Å². The zero-order valence-corrected chi connectivity index (χ0v) is 10.1. The first-order valence-electron chi connectivity index (χ1n) is 5.34. The molecule has 0 radical (unpaired) electrons. The second-order valence-electron chi connectivity index (χ2n) is 4.27. The van der Waals surface area contributed by atoms with Gasteiger partial charge in [0.15, 0.2) is 0 Å². The first kappa shape index (κ1) is 13.2. The largest absolute Gasteiger partial charge is 0.481 e. The highest BCUT2D eigenvalue weighted by Crippen LogP contribution is 2.15. The Morgan fingerprint density at radius 2 is 2.24 bits per heavy atom. The Kier molecular flexibility index (Phi) is 3.88. The average molecular weight is 240 g/mol. The van der Waals surface area contributed by atoms with Gasteiger partial charge >= 0.3 is 5.97 Å². The molecule has 0 spiro atoms. The molecule has 2 N–H and O–H groups in total. The van der Waals surface area contributed by atoms with E-state index < -0.39 is 17.4 Å². The molecule has 0 aliphatic heterocycles. The summed E-state index contributed by atoms with van der Waals surface area (Å²) >= 11 is 0. The topological polar surface area (TPSA) is 92.4 Å². The summed E-state index contributed by atoms with van der Waals surface area (Å²) in [5, 5.41) is 15.0. The molecule has 17 heavy (non-hydrogen) atoms. The molecular weight excluding hydrogens is 224 g/mol. The highest BCUT2D eigenvalue weighted by molar-refractivity contribution is 5.92. The fourth-order valence-electron chi connectivity index (χ4n) is 1.40. The quantitative estimate of drug-likeness (QED) is 0.810. The lowest BCUT2D eigenvalue weighted by Crippen LogP contribution is -2.46. The number of carboxylic acids is 1. The molecule has 0 saturated heterocycles. The molecule has 94 valence electrons. The van der Waals surface area contributed by atoms with E-state index in [2.05, 4.69) is 10.5 Å². The van der Waals surface area contributed by atoms with E-state index in [0.29, 0.717) is 12.1 Å². The van der Waals surface area contributed by atoms with Crippen LogP contribution in [0.3, 0.4) is 0 Å². The molecule has 6 nitrogen and oxygen atoms in total. The summed E-state index contributed by atoms with van der Waals surface area (Å²) < 4.78 is 4.81. The van der Waals surface area contributed by atoms with Crippen molar-refractivity contribution in [3.8, 4) is 0 Å². The van der Waals surface area contributed by atoms with Crippen molar-refractivity contribution in [3.63, 3.8) is 0 Å². The second kappa shape index (κ2) is 4.99. The fraction of sp³-hybridized carbons (Fsp3) is 0.545. The van der Waals surface area contributed by atoms with Crippen LogP contribution in [-0.2, 0) is 4.79 Å². The number of carboxylic acid groups (broad SMARTS) is 1. The van der Waals surface area contributed by atoms with Crippen molar-refractivity contribution in [2.75, 3.05) is 0 Å². The standard InChI is InChI=1S/C11H16N2O4/c1-4-11(3,6-9(14)15)12-10(16)8-5-7(2)13-17-8/h5H,4,6H2,1-3H3,(H,12,16)(H,14,15)/t11-/m0/s1. The normalized spacial score (nSPS) is 14.1. The van der Waals surface area contributed by atoms with Gasteiger partial charge in [-0.15, -0.1) is 0 Å². The summed E-state index contributed by atoms with van der Waals surface area (Å²) in [5.41, 5.74) is -0.185. The molecule has 0 bridgehead atoms. The minimum Gasteiger partial charge on any atom is -0.481 e. The number of carbonyl (C=O) groups excluding carboxylic acids is 1. The van der Waals surface area contributed by atoms with Crippen LogP contribution in [0.5, 0.6) is 0 Å². The molecule has 6 heteroatoms. The van der Waals surface area contributed by atoms with Crippen LogP contribution in [0, 0.1) is 6.92 Å². The van der Waals surface area contributed by atoms with Crippen molar-refractivity contribution in [2.24, 2.45) is 0 Å². The van der Waals surface area contributed by atoms with Crippen molar-refractivity contribution >= 4 is 11.9 Å². The minimum atomic E-state index is -0.955. The van der Waals surface area contributed by atoms with Gasteiger partial charge in [-0.1, -0.05) is 12.1 Å². The van der Waals surface area contributed by atoms with Crippen LogP contribution in [0.4, 0.5) is 0 Å². The van der Waals surface area contributed by atoms with Gasteiger partial charge in [-0.2, -0.15) is 0 Å². The van der Waals surface area contributed by atoms with Gasteiger partial charge < -0.3 is 14.9 Å². The van der Waals surface area contributed by atoms with E-state index in [0.717, 1.165) is 0 Å². The zero-order chi connectivity index (χ0) is 13.1. The molecule has 1 amide bonds. The van der Waals surface area contributed by atoms with Gasteiger partial charge in [-0.05, 0) is 20.3 Å². The van der Waals surface area contributed by atoms with E-state index in [1.165, 1.54) is 6.07 Å². The van der Waals surface area contributed by atoms with E-state index in [9.17, 15) is 9.59 Å². The number of hydrogen-bond donors (Lipinski definition) is 2. The van der Waals surface area contributed by atoms with E-state index in [1.807, 2.05) is 6.92 Å². The highest BCUT2D eigenvalue weighted by Gasteiger charge is 2.29. The van der Waals surface area contributed by atoms with Crippen LogP contribution in [-0.4, -0.2) is 27.7 Å². The van der Waals surface area contributed by atoms with Crippen LogP contribution in [0.2, 0.25) is 0 Å². The monoisotopic (exact) mass is 240 g/mol. The van der Waals surface area contributed by atoms with Gasteiger partial charge in [-0.3, -0.25) is 9.59 Å². The summed E-state index contributed by atoms with van der Waals surface area (Å²) in [5.74, 6) is -1.31. The average Bonchev–Trinajstić information content (AvgIpc) is 2.63. The summed E-state index contributed by atoms with van der Waals surface area (Å²) in [4.78, 5) is 22.5. The SMILES string of the molecule is CC[C@@](C)(CC(=O)O)NC(=O)c1cc(C)no1. The Morgan fingerprint density at radius 1 is 1.59 bits per heavy atom. The molecule has 0 aromatic carbocycles. The third-order valence-electron chi connectivity index (χ3n) is 2.59. The molecule has 0 fully saturated rings. The first-order chi connectivity index (χ1) is 7.86. The Labute approximate surface area is 99.0 Å². The van der Waals surface area contributed by atoms with E-state index >= 15 is 0 Å². The van der Waals surface area contributed by atoms with Crippen molar-refractivity contribution in [1.82, 2.24) is 10.5 Å². The van der Waals surface area contributed by atoms with Crippen LogP contribution < -0.4 is 5.32 Å². The molecule has 1 aromatic heterocycles. The molecule has 1 atom stereocenters. The number of aliphatic carboxylic acids is 1. The summed E-state index contributed by atoms with van der Waals surface area (Å²) in [6.07, 6.45) is 0.376. The number of nitrogens with one attached hydrogen (secondary N) is 1. The van der Waals surface area contributed by atoms with Gasteiger partial charge in [0.2, 0.25) is 5.76 Å². The van der Waals surface area contributed by atoms with Crippen molar-refractivity contribution in [2.45, 2.75) is 39.2 Å². The summed E-state index contributed by atoms with van der Waals surface area (Å²) in [6.45, 7) is 5.20. The van der Waals surface area contributed by atoms with Crippen molar-refractivity contribution in [3.05, 3.63) is 17.5 Å². The Hall–Kier alpha value is -1.85. The maximum Gasteiger partial charge on any atom is 0.305 e. The predicted octanol–water partition coefficient (Wildman–Crippen LogP) is 1.36. The van der Waals surface area contributed by atoms with Crippen LogP contribution >= 0.6 is 0 Å². The third kappa shape index (κ3) is 3.58. The number of carbonyl (C=O) groups is 2. The number of aryl methyl sites for hydroxylation is 1. The lowest BCUT2D eigenvalue weighted by Gasteiger charge is -2.27. The number of aromatic nitrogens is 1. The third-order valence-corrected chi connectivity index (χ3v) is 2.59. The highest BCUT2D eigenvalue weighted by atomic mass is 16.5. The lowest BCUT2D eigenvalue weighted by atomic mass is 9.94. The molecule has 1 heterocycles. The molecule has 0 unspecified atom stereocenters. The minimum absolute atomic E-state index is 0.0903. The Balaban J connectivity index is 2.74. The Morgan fingerprint density at radius 3 is 2.65 bits per heavy atom. The maximum absolute atomic E-state index is 11.8. The van der Waals surface area contributed by atoms with E-state index in [4.69, 9.17) is 9.63 Å². The number of rotatable bonds is 5. The van der Waals surface area contributed by atoms with Crippen LogP contribution in [0.15, 0.2) is 10.6 Å². The van der Waals surface area contributed by atoms with Gasteiger partial charge in [0, 0.05) is 11.6 Å². The fourth-order valence-corrected chi connectivity index (χ4v) is 1.40. The van der Waals surface area contributed by atoms with Crippen LogP contribution in [0.1, 0.15) is 42.9 Å². The Bertz CT molecular complexity index is 427. The molecular formula is C11H16N2O4. The van der Waals surface area contributed by atoms with Gasteiger partial charge in [-0.25, -0.2) is 0 Å². The number of nitrogens with zero attached hydrogens (tertiary/aromatic N) is 1. The lowest BCUT2D eigenvalue weighted by molar-refractivity contribution is -0.138. The van der Waals surface area contributed by atoms with Crippen LogP contribution in [0.25, 0.3) is 0 Å². The molecule has 0 aliphatic rings. The smallest absolute Gasteiger partial charge is 0.305 e. The summed E-state index contributed by atoms with van der Waals surface area (Å²) in [7, 11) is 0. The molecule has 1 aromatic rings. The van der Waals surface area contributed by atoms with Crippen molar-refractivity contribution < 1.29 is 19.2 Å². The molecule has 0 aliphatic carbocycles. The van der Waals surface area contributed by atoms with Crippen molar-refractivity contribution in [1.29, 1.82) is 0 Å². The van der Waals surface area contributed by atoms with E-state index in [-0.39, 0.29) is 12.2 Å². The number of hydrogen-bond acceptors (Lipinski definition) is 4. The summed E-state index contributed by atoms with van der Waals surface area (Å²) in [6, 6.07) is 1.51. The van der Waals surface area contributed by atoms with Gasteiger partial charge in [0.05, 0.1) is 12.1 Å². The van der Waals surface area contributed by atoms with Gasteiger partial charge in [0.1, 0.15) is 0 Å².